The number of nitrogens with one attached hydrogen (secondary N) is 2. The van der Waals surface area contributed by atoms with E-state index in [-0.39, 0.29) is 5.82 Å². The fraction of sp³-hybridized carbons (Fsp3) is 0.333. The first-order chi connectivity index (χ1) is 9.60. The molecule has 0 aliphatic rings. The number of rotatable bonds is 5. The van der Waals surface area contributed by atoms with Gasteiger partial charge in [0, 0.05) is 24.0 Å². The second-order valence-electron chi connectivity index (χ2n) is 4.74. The Morgan fingerprint density at radius 2 is 2.00 bits per heavy atom. The van der Waals surface area contributed by atoms with Crippen LogP contribution < -0.4 is 10.6 Å². The van der Waals surface area contributed by atoms with Crippen LogP contribution in [0.25, 0.3) is 0 Å². The molecule has 0 unspecified atom stereocenters. The smallest absolute Gasteiger partial charge is 0.224 e. The van der Waals surface area contributed by atoms with Gasteiger partial charge in [0.15, 0.2) is 0 Å². The lowest BCUT2D eigenvalue weighted by Crippen LogP contribution is -2.07. The first-order valence-electron chi connectivity index (χ1n) is 6.71. The molecule has 0 fully saturated rings. The van der Waals surface area contributed by atoms with E-state index in [2.05, 4.69) is 27.5 Å². The summed E-state index contributed by atoms with van der Waals surface area (Å²) in [6.45, 7) is 6.59. The van der Waals surface area contributed by atoms with Crippen molar-refractivity contribution in [2.24, 2.45) is 0 Å². The van der Waals surface area contributed by atoms with Crippen molar-refractivity contribution in [3.8, 4) is 0 Å². The maximum absolute atomic E-state index is 13.3. The van der Waals surface area contributed by atoms with Crippen LogP contribution in [0.1, 0.15) is 24.5 Å². The molecule has 0 spiro atoms. The number of aromatic nitrogens is 2. The average molecular weight is 274 g/mol. The predicted octanol–water partition coefficient (Wildman–Crippen LogP) is 3.80. The van der Waals surface area contributed by atoms with E-state index in [1.165, 1.54) is 6.07 Å². The van der Waals surface area contributed by atoms with Gasteiger partial charge in [0.2, 0.25) is 5.95 Å². The average Bonchev–Trinajstić information content (AvgIpc) is 2.44. The molecule has 0 amide bonds. The van der Waals surface area contributed by atoms with Crippen LogP contribution >= 0.6 is 0 Å². The lowest BCUT2D eigenvalue weighted by molar-refractivity contribution is 0.619. The van der Waals surface area contributed by atoms with E-state index in [1.807, 2.05) is 6.92 Å². The van der Waals surface area contributed by atoms with Gasteiger partial charge in [-0.25, -0.2) is 9.37 Å². The Hall–Kier alpha value is -2.17. The molecule has 5 heteroatoms. The number of halogens is 1. The molecule has 2 rings (SSSR count). The molecular weight excluding hydrogens is 255 g/mol. The van der Waals surface area contributed by atoms with Crippen LogP contribution in [0.2, 0.25) is 0 Å². The van der Waals surface area contributed by atoms with Gasteiger partial charge in [0.05, 0.1) is 0 Å². The van der Waals surface area contributed by atoms with Crippen molar-refractivity contribution in [3.63, 3.8) is 0 Å². The van der Waals surface area contributed by atoms with Crippen LogP contribution in [-0.2, 0) is 0 Å². The normalized spacial score (nSPS) is 10.4. The van der Waals surface area contributed by atoms with Crippen LogP contribution in [-0.4, -0.2) is 16.5 Å². The van der Waals surface area contributed by atoms with E-state index in [0.29, 0.717) is 11.5 Å². The number of hydrogen-bond acceptors (Lipinski definition) is 4. The van der Waals surface area contributed by atoms with Crippen LogP contribution in [0.5, 0.6) is 0 Å². The van der Waals surface area contributed by atoms with Crippen LogP contribution in [0, 0.1) is 19.7 Å². The molecule has 0 aliphatic carbocycles. The number of benzene rings is 1. The van der Waals surface area contributed by atoms with E-state index in [4.69, 9.17) is 0 Å². The molecule has 20 heavy (non-hydrogen) atoms. The van der Waals surface area contributed by atoms with Gasteiger partial charge in [-0.3, -0.25) is 0 Å². The first-order valence-corrected chi connectivity index (χ1v) is 6.71. The third kappa shape index (κ3) is 3.44. The van der Waals surface area contributed by atoms with E-state index in [0.717, 1.165) is 30.0 Å². The highest BCUT2D eigenvalue weighted by atomic mass is 19.1. The zero-order valence-corrected chi connectivity index (χ0v) is 12.0. The number of hydrogen-bond donors (Lipinski definition) is 2. The van der Waals surface area contributed by atoms with E-state index in [9.17, 15) is 4.39 Å². The Kier molecular flexibility index (Phi) is 4.50. The summed E-state index contributed by atoms with van der Waals surface area (Å²) >= 11 is 0. The molecule has 1 aromatic heterocycles. The summed E-state index contributed by atoms with van der Waals surface area (Å²) in [4.78, 5) is 8.66. The summed E-state index contributed by atoms with van der Waals surface area (Å²) < 4.78 is 13.3. The Morgan fingerprint density at radius 3 is 2.70 bits per heavy atom. The topological polar surface area (TPSA) is 49.8 Å². The fourth-order valence-electron chi connectivity index (χ4n) is 1.75. The summed E-state index contributed by atoms with van der Waals surface area (Å²) in [5.74, 6) is 1.11. The summed E-state index contributed by atoms with van der Waals surface area (Å²) in [5, 5.41) is 6.35. The molecular formula is C15H19FN4. The molecule has 0 saturated heterocycles. The highest BCUT2D eigenvalue weighted by molar-refractivity contribution is 5.60. The molecule has 2 aromatic rings. The number of anilines is 3. The van der Waals surface area contributed by atoms with Gasteiger partial charge >= 0.3 is 0 Å². The number of aryl methyl sites for hydroxylation is 2. The predicted molar refractivity (Wildman–Crippen MR) is 80.0 cm³/mol. The molecule has 1 aromatic carbocycles. The van der Waals surface area contributed by atoms with Crippen molar-refractivity contribution in [3.05, 3.63) is 41.3 Å². The van der Waals surface area contributed by atoms with Gasteiger partial charge in [-0.05, 0) is 44.0 Å². The Bertz CT molecular complexity index is 598. The maximum atomic E-state index is 13.3. The van der Waals surface area contributed by atoms with Crippen molar-refractivity contribution in [1.29, 1.82) is 0 Å². The third-order valence-corrected chi connectivity index (χ3v) is 2.93. The summed E-state index contributed by atoms with van der Waals surface area (Å²) in [6.07, 6.45) is 2.78. The lowest BCUT2D eigenvalue weighted by atomic mass is 10.2. The summed E-state index contributed by atoms with van der Waals surface area (Å²) in [5.41, 5.74) is 2.35. The minimum atomic E-state index is -0.208. The van der Waals surface area contributed by atoms with Crippen molar-refractivity contribution >= 4 is 17.5 Å². The maximum Gasteiger partial charge on any atom is 0.224 e. The second-order valence-corrected chi connectivity index (χ2v) is 4.74. The zero-order chi connectivity index (χ0) is 14.5. The molecule has 1 heterocycles. The molecule has 2 N–H and O–H groups in total. The zero-order valence-electron chi connectivity index (χ0n) is 12.0. The van der Waals surface area contributed by atoms with Gasteiger partial charge in [-0.15, -0.1) is 0 Å². The lowest BCUT2D eigenvalue weighted by Gasteiger charge is -2.11. The van der Waals surface area contributed by atoms with Crippen molar-refractivity contribution in [2.45, 2.75) is 27.2 Å². The Balaban J connectivity index is 2.20. The number of nitrogens with zero attached hydrogens (tertiary/aromatic N) is 2. The highest BCUT2D eigenvalue weighted by Gasteiger charge is 2.05. The fourth-order valence-corrected chi connectivity index (χ4v) is 1.75. The Labute approximate surface area is 118 Å². The van der Waals surface area contributed by atoms with Crippen LogP contribution in [0.15, 0.2) is 24.4 Å². The second kappa shape index (κ2) is 6.32. The molecule has 0 aliphatic heterocycles. The Morgan fingerprint density at radius 1 is 1.20 bits per heavy atom. The van der Waals surface area contributed by atoms with Gasteiger partial charge in [-0.2, -0.15) is 4.98 Å². The van der Waals surface area contributed by atoms with Crippen molar-refractivity contribution in [1.82, 2.24) is 9.97 Å². The standard InChI is InChI=1S/C15H19FN4/c1-4-7-17-15-18-9-11(3)14(20-15)19-12-5-6-13(16)10(2)8-12/h5-6,8-9H,4,7H2,1-3H3,(H2,17,18,19,20). The van der Waals surface area contributed by atoms with Crippen molar-refractivity contribution < 1.29 is 4.39 Å². The largest absolute Gasteiger partial charge is 0.354 e. The summed E-state index contributed by atoms with van der Waals surface area (Å²) in [7, 11) is 0. The molecule has 0 saturated carbocycles. The third-order valence-electron chi connectivity index (χ3n) is 2.93. The van der Waals surface area contributed by atoms with Gasteiger partial charge in [-0.1, -0.05) is 6.92 Å². The minimum Gasteiger partial charge on any atom is -0.354 e. The van der Waals surface area contributed by atoms with Gasteiger partial charge in [0.1, 0.15) is 11.6 Å². The monoisotopic (exact) mass is 274 g/mol. The van der Waals surface area contributed by atoms with Crippen molar-refractivity contribution in [2.75, 3.05) is 17.2 Å². The first kappa shape index (κ1) is 14.2. The van der Waals surface area contributed by atoms with Crippen LogP contribution in [0.3, 0.4) is 0 Å². The molecule has 0 atom stereocenters. The van der Waals surface area contributed by atoms with E-state index >= 15 is 0 Å². The molecule has 0 bridgehead atoms. The molecule has 0 radical (unpaired) electrons. The van der Waals surface area contributed by atoms with Gasteiger partial charge in [0.25, 0.3) is 0 Å². The summed E-state index contributed by atoms with van der Waals surface area (Å²) in [6, 6.07) is 4.91. The van der Waals surface area contributed by atoms with Crippen LogP contribution in [0.4, 0.5) is 21.8 Å². The minimum absolute atomic E-state index is 0.208. The molecule has 106 valence electrons. The molecule has 4 nitrogen and oxygen atoms in total. The SMILES string of the molecule is CCCNc1ncc(C)c(Nc2ccc(F)c(C)c2)n1. The highest BCUT2D eigenvalue weighted by Crippen LogP contribution is 2.21. The van der Waals surface area contributed by atoms with Gasteiger partial charge < -0.3 is 10.6 Å². The van der Waals surface area contributed by atoms with E-state index in [1.54, 1.807) is 25.3 Å². The van der Waals surface area contributed by atoms with E-state index < -0.39 is 0 Å². The quantitative estimate of drug-likeness (QED) is 0.870.